The Morgan fingerprint density at radius 1 is 0.379 bits per heavy atom. The van der Waals surface area contributed by atoms with Gasteiger partial charge >= 0.3 is 34.9 Å². The van der Waals surface area contributed by atoms with Crippen LogP contribution in [0.3, 0.4) is 0 Å². The fourth-order valence-electron chi connectivity index (χ4n) is 9.51. The topological polar surface area (TPSA) is 47.6 Å². The molecule has 0 aliphatic heterocycles. The number of rotatable bonds is 20. The smallest absolute Gasteiger partial charge is 0.418 e. The average molecular weight is 967 g/mol. The van der Waals surface area contributed by atoms with E-state index in [9.17, 15) is 34.5 Å². The zero-order chi connectivity index (χ0) is 42.6. The van der Waals surface area contributed by atoms with Gasteiger partial charge in [0.05, 0.1) is 12.1 Å². The molecule has 4 fully saturated rings. The quantitative estimate of drug-likeness (QED) is 0.0693. The van der Waals surface area contributed by atoms with E-state index in [2.05, 4.69) is 0 Å². The Morgan fingerprint density at radius 2 is 0.534 bits per heavy atom. The van der Waals surface area contributed by atoms with Gasteiger partial charge in [0, 0.05) is 13.8 Å². The fraction of sp³-hybridized carbons (Fsp3) is 0.953. The van der Waals surface area contributed by atoms with E-state index in [0.717, 1.165) is 23.7 Å². The predicted molar refractivity (Wildman–Crippen MR) is 234 cm³/mol. The Bertz CT molecular complexity index is 843. The van der Waals surface area contributed by atoms with Crippen LogP contribution in [0.2, 0.25) is 0 Å². The van der Waals surface area contributed by atoms with Crippen LogP contribution in [0, 0.1) is 46.3 Å². The van der Waals surface area contributed by atoms with E-state index >= 15 is 0 Å². The van der Waals surface area contributed by atoms with Crippen molar-refractivity contribution in [1.82, 2.24) is 0 Å². The number of hydrogen-bond acceptors (Lipinski definition) is 2. The molecule has 0 spiro atoms. The Morgan fingerprint density at radius 3 is 0.707 bits per heavy atom. The van der Waals surface area contributed by atoms with Gasteiger partial charge in [0.1, 0.15) is 0 Å². The molecule has 0 aromatic heterocycles. The fourth-order valence-corrected chi connectivity index (χ4v) is 14.8. The van der Waals surface area contributed by atoms with Crippen molar-refractivity contribution in [1.29, 1.82) is 10.5 Å². The van der Waals surface area contributed by atoms with Crippen LogP contribution in [0.15, 0.2) is 0 Å². The summed E-state index contributed by atoms with van der Waals surface area (Å²) in [6, 6.07) is 3.50. The van der Waals surface area contributed by atoms with Gasteiger partial charge in [0.15, 0.2) is 0 Å². The Kier molecular flexibility index (Phi) is 41.4. The molecule has 0 bridgehead atoms. The van der Waals surface area contributed by atoms with Crippen molar-refractivity contribution in [2.75, 3.05) is 37.0 Å². The molecule has 0 aromatic carbocycles. The molecule has 0 amide bonds. The van der Waals surface area contributed by atoms with Gasteiger partial charge in [-0.05, 0) is 92.7 Å². The Labute approximate surface area is 367 Å². The van der Waals surface area contributed by atoms with Crippen LogP contribution < -0.4 is 0 Å². The van der Waals surface area contributed by atoms with Crippen molar-refractivity contribution < 1.29 is 54.9 Å². The average Bonchev–Trinajstić information content (AvgIpc) is 3.15. The van der Waals surface area contributed by atoms with E-state index in [1.54, 1.807) is 158 Å². The summed E-state index contributed by atoms with van der Waals surface area (Å²) >= 11 is 0. The Balaban J connectivity index is 0. The SMILES string of the molecule is C1CCC(CCCP(CCCC2CCCCC2)CCCP(CCCC2CCCCC2)CCCC2CCCCC2)CC1.CC#N.CC#N.F[B-](F)(F)F.F[B-](F)(F)F.[Pd+2]. The summed E-state index contributed by atoms with van der Waals surface area (Å²) in [5.41, 5.74) is 0. The summed E-state index contributed by atoms with van der Waals surface area (Å²) in [4.78, 5) is 0. The molecule has 58 heavy (non-hydrogen) atoms. The third kappa shape index (κ3) is 44.1. The van der Waals surface area contributed by atoms with E-state index in [-0.39, 0.29) is 20.4 Å². The maximum absolute atomic E-state index is 9.75. The third-order valence-corrected chi connectivity index (χ3v) is 17.9. The van der Waals surface area contributed by atoms with E-state index in [0.29, 0.717) is 15.8 Å². The van der Waals surface area contributed by atoms with Crippen molar-refractivity contribution in [3.05, 3.63) is 0 Å². The van der Waals surface area contributed by atoms with Crippen LogP contribution in [0.4, 0.5) is 34.5 Å². The molecule has 0 aromatic rings. The molecular formula is C43H80B2F8N2P2Pd. The van der Waals surface area contributed by atoms with Crippen LogP contribution in [-0.4, -0.2) is 51.5 Å². The van der Waals surface area contributed by atoms with E-state index in [4.69, 9.17) is 10.5 Å². The molecule has 0 atom stereocenters. The summed E-state index contributed by atoms with van der Waals surface area (Å²) in [5, 5.41) is 14.6. The van der Waals surface area contributed by atoms with Crippen molar-refractivity contribution in [2.45, 2.75) is 200 Å². The first-order valence-electron chi connectivity index (χ1n) is 23.0. The van der Waals surface area contributed by atoms with E-state index in [1.165, 1.54) is 90.9 Å². The molecule has 4 saturated carbocycles. The molecule has 15 heteroatoms. The van der Waals surface area contributed by atoms with Crippen molar-refractivity contribution in [3.8, 4) is 12.1 Å². The van der Waals surface area contributed by atoms with Crippen molar-refractivity contribution >= 4 is 30.4 Å². The van der Waals surface area contributed by atoms with Crippen LogP contribution in [0.25, 0.3) is 0 Å². The van der Waals surface area contributed by atoms with Gasteiger partial charge in [-0.1, -0.05) is 154 Å². The van der Waals surface area contributed by atoms with Gasteiger partial charge in [-0.2, -0.15) is 10.5 Å². The third-order valence-electron chi connectivity index (χ3n) is 12.2. The van der Waals surface area contributed by atoms with E-state index in [1.807, 2.05) is 0 Å². The molecule has 4 rings (SSSR count). The monoisotopic (exact) mass is 966 g/mol. The van der Waals surface area contributed by atoms with Gasteiger partial charge in [0.2, 0.25) is 0 Å². The van der Waals surface area contributed by atoms with Gasteiger partial charge in [0.25, 0.3) is 0 Å². The van der Waals surface area contributed by atoms with Gasteiger partial charge < -0.3 is 34.5 Å². The summed E-state index contributed by atoms with van der Waals surface area (Å²) in [5.74, 6) is 4.40. The minimum atomic E-state index is -6.00. The standard InChI is InChI=1S/C39H74P2.2C2H3N.2BF4.Pd/c1-5-18-36(19-6-1)26-13-30-40(31-14-27-37-20-7-2-8-21-37)34-17-35-41(32-15-28-38-22-9-3-10-23-38)33-16-29-39-24-11-4-12-25-39;2*1-2-3;2*2-1(3,4)5;/h36-39H,1-35H2;2*1H3;;;/q;;;2*-1;+2. The summed E-state index contributed by atoms with van der Waals surface area (Å²) in [7, 11) is -11.4. The zero-order valence-electron chi connectivity index (χ0n) is 36.3. The molecule has 0 unspecified atom stereocenters. The second-order valence-corrected chi connectivity index (χ2v) is 22.4. The normalized spacial score (nSPS) is 18.4. The minimum Gasteiger partial charge on any atom is -0.418 e. The van der Waals surface area contributed by atoms with E-state index < -0.39 is 14.5 Å². The molecule has 2 nitrogen and oxygen atoms in total. The maximum atomic E-state index is 9.75. The molecule has 4 aliphatic rings. The van der Waals surface area contributed by atoms with Gasteiger partial charge in [-0.15, -0.1) is 15.8 Å². The molecular weight excluding hydrogens is 886 g/mol. The molecule has 344 valence electrons. The van der Waals surface area contributed by atoms with Crippen molar-refractivity contribution in [2.24, 2.45) is 23.7 Å². The van der Waals surface area contributed by atoms with Crippen molar-refractivity contribution in [3.63, 3.8) is 0 Å². The summed E-state index contributed by atoms with van der Waals surface area (Å²) in [6.45, 7) is 2.86. The van der Waals surface area contributed by atoms with Crippen LogP contribution in [0.1, 0.15) is 200 Å². The summed E-state index contributed by atoms with van der Waals surface area (Å²) in [6.07, 6.45) is 54.9. The predicted octanol–water partition coefficient (Wildman–Crippen LogP) is 17.4. The first-order valence-corrected chi connectivity index (χ1v) is 26.8. The van der Waals surface area contributed by atoms with Crippen LogP contribution >= 0.6 is 15.8 Å². The molecule has 0 saturated heterocycles. The molecule has 4 aliphatic carbocycles. The molecule has 0 N–H and O–H groups in total. The number of nitriles is 2. The number of hydrogen-bond donors (Lipinski definition) is 0. The largest absolute Gasteiger partial charge is 2.00 e. The zero-order valence-corrected chi connectivity index (χ0v) is 39.7. The number of nitrogens with zero attached hydrogens (tertiary/aromatic N) is 2. The minimum absolute atomic E-state index is 0. The second kappa shape index (κ2) is 39.9. The summed E-state index contributed by atoms with van der Waals surface area (Å²) < 4.78 is 78.0. The number of halogens is 8. The van der Waals surface area contributed by atoms with Crippen LogP contribution in [0.5, 0.6) is 0 Å². The second-order valence-electron chi connectivity index (χ2n) is 17.1. The first-order chi connectivity index (χ1) is 27.2. The molecule has 0 heterocycles. The van der Waals surface area contributed by atoms with Gasteiger partial charge in [-0.25, -0.2) is 0 Å². The van der Waals surface area contributed by atoms with Gasteiger partial charge in [-0.3, -0.25) is 0 Å². The Hall–Kier alpha value is 0.0722. The first kappa shape index (κ1) is 60.2. The molecule has 0 radical (unpaired) electrons. The maximum Gasteiger partial charge on any atom is 2.00 e. The van der Waals surface area contributed by atoms with Crippen LogP contribution in [-0.2, 0) is 20.4 Å².